The van der Waals surface area contributed by atoms with Crippen LogP contribution in [0.5, 0.6) is 0 Å². The SMILES string of the molecule is CCC(CNC(=O)C(CC)c1ccccc1)C(=O)O. The summed E-state index contributed by atoms with van der Waals surface area (Å²) in [6.07, 6.45) is 1.21. The molecule has 0 fully saturated rings. The predicted molar refractivity (Wildman–Crippen MR) is 73.9 cm³/mol. The van der Waals surface area contributed by atoms with E-state index in [0.29, 0.717) is 12.8 Å². The number of carboxylic acids is 1. The van der Waals surface area contributed by atoms with E-state index in [-0.39, 0.29) is 18.4 Å². The van der Waals surface area contributed by atoms with Gasteiger partial charge in [0.05, 0.1) is 11.8 Å². The van der Waals surface area contributed by atoms with E-state index < -0.39 is 11.9 Å². The van der Waals surface area contributed by atoms with Crippen LogP contribution in [0.15, 0.2) is 30.3 Å². The van der Waals surface area contributed by atoms with E-state index in [9.17, 15) is 9.59 Å². The third-order valence-corrected chi connectivity index (χ3v) is 3.29. The summed E-state index contributed by atoms with van der Waals surface area (Å²) in [6, 6.07) is 9.55. The van der Waals surface area contributed by atoms with Gasteiger partial charge in [-0.3, -0.25) is 9.59 Å². The van der Waals surface area contributed by atoms with Gasteiger partial charge in [-0.05, 0) is 18.4 Å². The Hall–Kier alpha value is -1.84. The highest BCUT2D eigenvalue weighted by Gasteiger charge is 2.21. The van der Waals surface area contributed by atoms with Crippen LogP contribution in [0, 0.1) is 5.92 Å². The van der Waals surface area contributed by atoms with Crippen molar-refractivity contribution in [3.8, 4) is 0 Å². The van der Waals surface area contributed by atoms with Gasteiger partial charge in [0.2, 0.25) is 5.91 Å². The number of rotatable bonds is 7. The number of hydrogen-bond donors (Lipinski definition) is 2. The second-order valence-corrected chi connectivity index (χ2v) is 4.56. The first-order valence-corrected chi connectivity index (χ1v) is 6.65. The van der Waals surface area contributed by atoms with Crippen molar-refractivity contribution < 1.29 is 14.7 Å². The minimum Gasteiger partial charge on any atom is -0.481 e. The van der Waals surface area contributed by atoms with Gasteiger partial charge in [0.1, 0.15) is 0 Å². The molecule has 0 aliphatic heterocycles. The Bertz CT molecular complexity index is 417. The van der Waals surface area contributed by atoms with E-state index in [2.05, 4.69) is 5.32 Å². The monoisotopic (exact) mass is 263 g/mol. The molecule has 104 valence electrons. The molecule has 2 atom stereocenters. The van der Waals surface area contributed by atoms with E-state index in [4.69, 9.17) is 5.11 Å². The zero-order valence-corrected chi connectivity index (χ0v) is 11.4. The largest absolute Gasteiger partial charge is 0.481 e. The first kappa shape index (κ1) is 15.2. The van der Waals surface area contributed by atoms with Crippen molar-refractivity contribution in [2.45, 2.75) is 32.6 Å². The summed E-state index contributed by atoms with van der Waals surface area (Å²) in [5.41, 5.74) is 0.964. The van der Waals surface area contributed by atoms with Crippen LogP contribution in [0.25, 0.3) is 0 Å². The number of amides is 1. The van der Waals surface area contributed by atoms with Gasteiger partial charge >= 0.3 is 5.97 Å². The van der Waals surface area contributed by atoms with Crippen molar-refractivity contribution in [1.82, 2.24) is 5.32 Å². The normalized spacial score (nSPS) is 13.6. The zero-order valence-electron chi connectivity index (χ0n) is 11.4. The van der Waals surface area contributed by atoms with Crippen molar-refractivity contribution >= 4 is 11.9 Å². The molecule has 2 unspecified atom stereocenters. The van der Waals surface area contributed by atoms with Gasteiger partial charge in [0, 0.05) is 6.54 Å². The van der Waals surface area contributed by atoms with Crippen LogP contribution in [0.2, 0.25) is 0 Å². The Morgan fingerprint density at radius 2 is 1.79 bits per heavy atom. The molecule has 1 amide bonds. The fourth-order valence-electron chi connectivity index (χ4n) is 2.01. The second kappa shape index (κ2) is 7.56. The quantitative estimate of drug-likeness (QED) is 0.794. The highest BCUT2D eigenvalue weighted by Crippen LogP contribution is 2.19. The smallest absolute Gasteiger partial charge is 0.308 e. The summed E-state index contributed by atoms with van der Waals surface area (Å²) in [7, 11) is 0. The molecule has 19 heavy (non-hydrogen) atoms. The Labute approximate surface area is 113 Å². The van der Waals surface area contributed by atoms with Gasteiger partial charge in [-0.25, -0.2) is 0 Å². The zero-order chi connectivity index (χ0) is 14.3. The second-order valence-electron chi connectivity index (χ2n) is 4.56. The molecule has 4 nitrogen and oxygen atoms in total. The van der Waals surface area contributed by atoms with Crippen LogP contribution in [0.3, 0.4) is 0 Å². The minimum atomic E-state index is -0.865. The Morgan fingerprint density at radius 1 is 1.16 bits per heavy atom. The van der Waals surface area contributed by atoms with Gasteiger partial charge < -0.3 is 10.4 Å². The van der Waals surface area contributed by atoms with E-state index in [0.717, 1.165) is 5.56 Å². The van der Waals surface area contributed by atoms with Crippen molar-refractivity contribution in [1.29, 1.82) is 0 Å². The highest BCUT2D eigenvalue weighted by atomic mass is 16.4. The molecule has 0 heterocycles. The molecule has 1 aromatic rings. The molecule has 0 aliphatic rings. The first-order valence-electron chi connectivity index (χ1n) is 6.65. The average Bonchev–Trinajstić information content (AvgIpc) is 2.41. The highest BCUT2D eigenvalue weighted by molar-refractivity contribution is 5.84. The lowest BCUT2D eigenvalue weighted by Crippen LogP contribution is -2.35. The lowest BCUT2D eigenvalue weighted by Gasteiger charge is -2.17. The summed E-state index contributed by atoms with van der Waals surface area (Å²) in [4.78, 5) is 23.0. The van der Waals surface area contributed by atoms with E-state index in [1.54, 1.807) is 6.92 Å². The molecule has 1 rings (SSSR count). The van der Waals surface area contributed by atoms with Crippen LogP contribution in [0.1, 0.15) is 38.2 Å². The fraction of sp³-hybridized carbons (Fsp3) is 0.467. The van der Waals surface area contributed by atoms with Crippen LogP contribution in [-0.4, -0.2) is 23.5 Å². The lowest BCUT2D eigenvalue weighted by atomic mass is 9.95. The maximum absolute atomic E-state index is 12.1. The Balaban J connectivity index is 2.63. The molecule has 1 aromatic carbocycles. The molecule has 0 saturated heterocycles. The number of nitrogens with one attached hydrogen (secondary N) is 1. The standard InChI is InChI=1S/C15H21NO3/c1-3-11(15(18)19)10-16-14(17)13(4-2)12-8-6-5-7-9-12/h5-9,11,13H,3-4,10H2,1-2H3,(H,16,17)(H,18,19). The molecule has 0 saturated carbocycles. The molecule has 2 N–H and O–H groups in total. The number of carbonyl (C=O) groups excluding carboxylic acids is 1. The molecule has 0 spiro atoms. The predicted octanol–water partition coefficient (Wildman–Crippen LogP) is 2.41. The number of hydrogen-bond acceptors (Lipinski definition) is 2. The van der Waals surface area contributed by atoms with Gasteiger partial charge in [-0.2, -0.15) is 0 Å². The van der Waals surface area contributed by atoms with Crippen LogP contribution >= 0.6 is 0 Å². The molecular weight excluding hydrogens is 242 g/mol. The number of aliphatic carboxylic acids is 1. The third-order valence-electron chi connectivity index (χ3n) is 3.29. The Kier molecular flexibility index (Phi) is 6.06. The number of benzene rings is 1. The van der Waals surface area contributed by atoms with Gasteiger partial charge in [-0.1, -0.05) is 44.2 Å². The summed E-state index contributed by atoms with van der Waals surface area (Å²) in [6.45, 7) is 3.94. The van der Waals surface area contributed by atoms with Crippen molar-refractivity contribution in [3.63, 3.8) is 0 Å². The van der Waals surface area contributed by atoms with E-state index >= 15 is 0 Å². The average molecular weight is 263 g/mol. The van der Waals surface area contributed by atoms with Gasteiger partial charge in [0.15, 0.2) is 0 Å². The van der Waals surface area contributed by atoms with Crippen LogP contribution in [-0.2, 0) is 9.59 Å². The van der Waals surface area contributed by atoms with Crippen molar-refractivity contribution in [2.24, 2.45) is 5.92 Å². The van der Waals surface area contributed by atoms with Gasteiger partial charge in [0.25, 0.3) is 0 Å². The van der Waals surface area contributed by atoms with Crippen molar-refractivity contribution in [2.75, 3.05) is 6.54 Å². The molecular formula is C15H21NO3. The van der Waals surface area contributed by atoms with Crippen molar-refractivity contribution in [3.05, 3.63) is 35.9 Å². The fourth-order valence-corrected chi connectivity index (χ4v) is 2.01. The maximum atomic E-state index is 12.1. The first-order chi connectivity index (χ1) is 9.10. The number of carbonyl (C=O) groups is 2. The van der Waals surface area contributed by atoms with E-state index in [1.165, 1.54) is 0 Å². The molecule has 0 bridgehead atoms. The summed E-state index contributed by atoms with van der Waals surface area (Å²) in [5, 5.41) is 11.7. The summed E-state index contributed by atoms with van der Waals surface area (Å²) < 4.78 is 0. The minimum absolute atomic E-state index is 0.103. The van der Waals surface area contributed by atoms with Gasteiger partial charge in [-0.15, -0.1) is 0 Å². The van der Waals surface area contributed by atoms with Crippen LogP contribution < -0.4 is 5.32 Å². The van der Waals surface area contributed by atoms with Crippen LogP contribution in [0.4, 0.5) is 0 Å². The summed E-state index contributed by atoms with van der Waals surface area (Å²) >= 11 is 0. The Morgan fingerprint density at radius 3 is 2.26 bits per heavy atom. The summed E-state index contributed by atoms with van der Waals surface area (Å²) in [5.74, 6) is -1.70. The van der Waals surface area contributed by atoms with E-state index in [1.807, 2.05) is 37.3 Å². The lowest BCUT2D eigenvalue weighted by molar-refractivity contribution is -0.141. The third kappa shape index (κ3) is 4.39. The molecule has 0 radical (unpaired) electrons. The number of carboxylic acid groups (broad SMARTS) is 1. The topological polar surface area (TPSA) is 66.4 Å². The maximum Gasteiger partial charge on any atom is 0.308 e. The molecule has 4 heteroatoms. The molecule has 0 aliphatic carbocycles. The molecule has 0 aromatic heterocycles.